The number of benzene rings is 1. The van der Waals surface area contributed by atoms with Crippen molar-refractivity contribution in [2.75, 3.05) is 0 Å². The fourth-order valence-electron chi connectivity index (χ4n) is 2.67. The number of carbonyl (C=O) groups is 2. The number of rotatable bonds is 7. The number of carbonyl (C=O) groups excluding carboxylic acids is 2. The van der Waals surface area contributed by atoms with Gasteiger partial charge >= 0.3 is 5.97 Å². The maximum Gasteiger partial charge on any atom is 0.324 e. The van der Waals surface area contributed by atoms with E-state index in [2.05, 4.69) is 4.98 Å². The molecule has 0 aliphatic heterocycles. The summed E-state index contributed by atoms with van der Waals surface area (Å²) < 4.78 is 6.83. The highest BCUT2D eigenvalue weighted by Gasteiger charge is 2.34. The first-order chi connectivity index (χ1) is 11.9. The lowest BCUT2D eigenvalue weighted by molar-refractivity contribution is -0.151. The van der Waals surface area contributed by atoms with E-state index >= 15 is 0 Å². The van der Waals surface area contributed by atoms with Crippen molar-refractivity contribution in [1.82, 2.24) is 9.55 Å². The van der Waals surface area contributed by atoms with Gasteiger partial charge in [0.2, 0.25) is 0 Å². The summed E-state index contributed by atoms with van der Waals surface area (Å²) in [7, 11) is 1.73. The van der Waals surface area contributed by atoms with Crippen LogP contribution >= 0.6 is 0 Å². The van der Waals surface area contributed by atoms with Crippen molar-refractivity contribution in [1.29, 1.82) is 5.26 Å². The molecule has 0 aliphatic rings. The van der Waals surface area contributed by atoms with Gasteiger partial charge in [-0.05, 0) is 19.4 Å². The Balaban J connectivity index is 2.33. The Morgan fingerprint density at radius 2 is 1.96 bits per heavy atom. The van der Waals surface area contributed by atoms with Crippen LogP contribution < -0.4 is 0 Å². The molecule has 0 saturated heterocycles. The van der Waals surface area contributed by atoms with Crippen LogP contribution in [0.25, 0.3) is 0 Å². The summed E-state index contributed by atoms with van der Waals surface area (Å²) in [5.41, 5.74) is 0.748. The van der Waals surface area contributed by atoms with Gasteiger partial charge in [-0.2, -0.15) is 5.26 Å². The molecule has 0 radical (unpaired) electrons. The number of ketones is 1. The number of Topliss-reactive ketones (excluding diaryl/α,β-unsaturated/α-hetero) is 1. The minimum Gasteiger partial charge on any atom is -0.462 e. The lowest BCUT2D eigenvalue weighted by atomic mass is 9.83. The molecule has 2 rings (SSSR count). The average Bonchev–Trinajstić information content (AvgIpc) is 3.01. The third-order valence-electron chi connectivity index (χ3n) is 3.85. The van der Waals surface area contributed by atoms with Crippen LogP contribution in [0.5, 0.6) is 0 Å². The maximum absolute atomic E-state index is 12.6. The van der Waals surface area contributed by atoms with Gasteiger partial charge in [0.15, 0.2) is 17.5 Å². The first-order valence-corrected chi connectivity index (χ1v) is 8.09. The van der Waals surface area contributed by atoms with Crippen molar-refractivity contribution in [3.8, 4) is 6.07 Å². The maximum atomic E-state index is 12.6. The van der Waals surface area contributed by atoms with Gasteiger partial charge in [0.1, 0.15) is 0 Å². The van der Waals surface area contributed by atoms with Crippen molar-refractivity contribution in [2.45, 2.75) is 32.3 Å². The Labute approximate surface area is 147 Å². The van der Waals surface area contributed by atoms with E-state index in [1.807, 2.05) is 36.4 Å². The number of aryl methyl sites for hydroxylation is 1. The quantitative estimate of drug-likeness (QED) is 0.572. The third kappa shape index (κ3) is 4.54. The van der Waals surface area contributed by atoms with E-state index in [-0.39, 0.29) is 18.3 Å². The van der Waals surface area contributed by atoms with E-state index < -0.39 is 17.8 Å². The third-order valence-corrected chi connectivity index (χ3v) is 3.85. The molecule has 130 valence electrons. The molecule has 25 heavy (non-hydrogen) atoms. The first kappa shape index (κ1) is 18.4. The van der Waals surface area contributed by atoms with Crippen molar-refractivity contribution in [3.05, 3.63) is 54.1 Å². The molecular weight excluding hydrogens is 318 g/mol. The summed E-state index contributed by atoms with van der Waals surface area (Å²) in [5.74, 6) is -2.19. The predicted molar refractivity (Wildman–Crippen MR) is 91.7 cm³/mol. The monoisotopic (exact) mass is 339 g/mol. The number of nitrogens with zero attached hydrogens (tertiary/aromatic N) is 3. The van der Waals surface area contributed by atoms with E-state index in [0.717, 1.165) is 5.56 Å². The minimum absolute atomic E-state index is 0.000286. The van der Waals surface area contributed by atoms with Gasteiger partial charge in [0.05, 0.1) is 12.2 Å². The van der Waals surface area contributed by atoms with Crippen LogP contribution in [-0.4, -0.2) is 27.4 Å². The van der Waals surface area contributed by atoms with Gasteiger partial charge in [-0.15, -0.1) is 0 Å². The molecular formula is C19H21N3O3. The standard InChI is InChI=1S/C19H21N3O3/c1-13(2)25-19(24)16(12-20)15(14-7-5-4-6-8-14)11-17(23)18-21-9-10-22(18)3/h4-10,13,15-16H,11H2,1-3H3. The fourth-order valence-corrected chi connectivity index (χ4v) is 2.67. The molecule has 0 spiro atoms. The second kappa shape index (κ2) is 8.25. The molecule has 1 aromatic carbocycles. The van der Waals surface area contributed by atoms with Gasteiger partial charge in [-0.3, -0.25) is 9.59 Å². The van der Waals surface area contributed by atoms with Crippen LogP contribution in [0.15, 0.2) is 42.7 Å². The molecule has 6 heteroatoms. The van der Waals surface area contributed by atoms with Gasteiger partial charge in [0.25, 0.3) is 0 Å². The van der Waals surface area contributed by atoms with Crippen LogP contribution in [0.1, 0.15) is 42.4 Å². The molecule has 2 aromatic rings. The van der Waals surface area contributed by atoms with Crippen LogP contribution in [0.2, 0.25) is 0 Å². The second-order valence-corrected chi connectivity index (χ2v) is 6.10. The van der Waals surface area contributed by atoms with E-state index in [4.69, 9.17) is 4.74 Å². The summed E-state index contributed by atoms with van der Waals surface area (Å²) in [6, 6.07) is 11.1. The van der Waals surface area contributed by atoms with Crippen LogP contribution in [0, 0.1) is 17.2 Å². The van der Waals surface area contributed by atoms with Crippen molar-refractivity contribution >= 4 is 11.8 Å². The lowest BCUT2D eigenvalue weighted by Crippen LogP contribution is -2.27. The average molecular weight is 339 g/mol. The Hall–Kier alpha value is -2.94. The van der Waals surface area contributed by atoms with Crippen LogP contribution in [-0.2, 0) is 16.6 Å². The minimum atomic E-state index is -1.06. The van der Waals surface area contributed by atoms with Crippen LogP contribution in [0.3, 0.4) is 0 Å². The Kier molecular flexibility index (Phi) is 6.07. The van der Waals surface area contributed by atoms with Gasteiger partial charge in [-0.1, -0.05) is 30.3 Å². The highest BCUT2D eigenvalue weighted by molar-refractivity contribution is 5.94. The number of hydrogen-bond acceptors (Lipinski definition) is 5. The highest BCUT2D eigenvalue weighted by Crippen LogP contribution is 2.30. The topological polar surface area (TPSA) is 85.0 Å². The zero-order chi connectivity index (χ0) is 18.4. The molecule has 2 unspecified atom stereocenters. The SMILES string of the molecule is CC(C)OC(=O)C(C#N)C(CC(=O)c1nccn1C)c1ccccc1. The van der Waals surface area contributed by atoms with Gasteiger partial charge in [-0.25, -0.2) is 4.98 Å². The van der Waals surface area contributed by atoms with Gasteiger partial charge < -0.3 is 9.30 Å². The van der Waals surface area contributed by atoms with Crippen molar-refractivity contribution < 1.29 is 14.3 Å². The molecule has 0 amide bonds. The number of imidazole rings is 1. The smallest absolute Gasteiger partial charge is 0.324 e. The molecule has 1 aromatic heterocycles. The molecule has 1 heterocycles. The fraction of sp³-hybridized carbons (Fsp3) is 0.368. The summed E-state index contributed by atoms with van der Waals surface area (Å²) in [6.45, 7) is 3.45. The molecule has 0 saturated carbocycles. The summed E-state index contributed by atoms with van der Waals surface area (Å²) >= 11 is 0. The van der Waals surface area contributed by atoms with Gasteiger partial charge in [0, 0.05) is 31.8 Å². The molecule has 0 bridgehead atoms. The summed E-state index contributed by atoms with van der Waals surface area (Å²) in [4.78, 5) is 29.0. The Morgan fingerprint density at radius 3 is 2.48 bits per heavy atom. The highest BCUT2D eigenvalue weighted by atomic mass is 16.5. The van der Waals surface area contributed by atoms with Crippen LogP contribution in [0.4, 0.5) is 0 Å². The second-order valence-electron chi connectivity index (χ2n) is 6.10. The van der Waals surface area contributed by atoms with E-state index in [0.29, 0.717) is 5.82 Å². The largest absolute Gasteiger partial charge is 0.462 e. The predicted octanol–water partition coefficient (Wildman–Crippen LogP) is 2.87. The van der Waals surface area contributed by atoms with Crippen molar-refractivity contribution in [2.24, 2.45) is 13.0 Å². The Morgan fingerprint density at radius 1 is 1.28 bits per heavy atom. The van der Waals surface area contributed by atoms with E-state index in [1.165, 1.54) is 0 Å². The zero-order valence-electron chi connectivity index (χ0n) is 14.5. The number of aromatic nitrogens is 2. The summed E-state index contributed by atoms with van der Waals surface area (Å²) in [6.07, 6.45) is 2.89. The lowest BCUT2D eigenvalue weighted by Gasteiger charge is -2.21. The molecule has 0 aliphatic carbocycles. The van der Waals surface area contributed by atoms with E-state index in [1.54, 1.807) is 37.9 Å². The first-order valence-electron chi connectivity index (χ1n) is 8.09. The molecule has 0 N–H and O–H groups in total. The molecule has 2 atom stereocenters. The zero-order valence-corrected chi connectivity index (χ0v) is 14.5. The number of hydrogen-bond donors (Lipinski definition) is 0. The summed E-state index contributed by atoms with van der Waals surface area (Å²) in [5, 5.41) is 9.56. The van der Waals surface area contributed by atoms with Crippen molar-refractivity contribution in [3.63, 3.8) is 0 Å². The Bertz CT molecular complexity index is 775. The van der Waals surface area contributed by atoms with E-state index in [9.17, 15) is 14.9 Å². The number of nitriles is 1. The number of esters is 1. The number of ether oxygens (including phenoxy) is 1. The molecule has 0 fully saturated rings. The normalized spacial score (nSPS) is 13.1. The molecule has 6 nitrogen and oxygen atoms in total.